The van der Waals surface area contributed by atoms with Crippen molar-refractivity contribution in [2.24, 2.45) is 5.92 Å². The number of benzene rings is 2. The molecule has 0 unspecified atom stereocenters. The number of carbonyl (C=O) groups excluding carboxylic acids is 1. The van der Waals surface area contributed by atoms with Crippen molar-refractivity contribution in [2.45, 2.75) is 19.0 Å². The van der Waals surface area contributed by atoms with Gasteiger partial charge >= 0.3 is 12.1 Å². The molecule has 0 aliphatic carbocycles. The molecule has 0 saturated heterocycles. The fraction of sp³-hybridized carbons (Fsp3) is 0.222. The Morgan fingerprint density at radius 3 is 2.35 bits per heavy atom. The van der Waals surface area contributed by atoms with Crippen LogP contribution in [0.15, 0.2) is 53.0 Å². The van der Waals surface area contributed by atoms with Gasteiger partial charge in [0, 0.05) is 10.2 Å². The number of carboxylic acids is 1. The highest BCUT2D eigenvalue weighted by atomic mass is 79.9. The van der Waals surface area contributed by atoms with E-state index in [-0.39, 0.29) is 12.1 Å². The van der Waals surface area contributed by atoms with Crippen LogP contribution in [0, 0.1) is 5.92 Å². The molecule has 4 nitrogen and oxygen atoms in total. The number of amides is 1. The monoisotopic (exact) mass is 429 g/mol. The van der Waals surface area contributed by atoms with E-state index < -0.39 is 36.0 Å². The molecule has 0 aliphatic rings. The van der Waals surface area contributed by atoms with Crippen LogP contribution in [0.2, 0.25) is 0 Å². The quantitative estimate of drug-likeness (QED) is 0.696. The van der Waals surface area contributed by atoms with Gasteiger partial charge in [-0.2, -0.15) is 13.2 Å². The highest BCUT2D eigenvalue weighted by molar-refractivity contribution is 9.10. The van der Waals surface area contributed by atoms with Crippen LogP contribution < -0.4 is 5.32 Å². The van der Waals surface area contributed by atoms with Crippen molar-refractivity contribution in [3.63, 3.8) is 0 Å². The van der Waals surface area contributed by atoms with E-state index >= 15 is 0 Å². The highest BCUT2D eigenvalue weighted by Gasteiger charge is 2.31. The van der Waals surface area contributed by atoms with Crippen molar-refractivity contribution >= 4 is 33.5 Å². The summed E-state index contributed by atoms with van der Waals surface area (Å²) in [5, 5.41) is 11.4. The molecule has 138 valence electrons. The van der Waals surface area contributed by atoms with Crippen molar-refractivity contribution in [2.75, 3.05) is 5.32 Å². The maximum atomic E-state index is 12.8. The van der Waals surface area contributed by atoms with Gasteiger partial charge in [-0.15, -0.1) is 0 Å². The van der Waals surface area contributed by atoms with E-state index in [1.807, 2.05) is 0 Å². The first kappa shape index (κ1) is 20.0. The Morgan fingerprint density at radius 2 is 1.77 bits per heavy atom. The number of rotatable bonds is 6. The molecule has 0 bridgehead atoms. The summed E-state index contributed by atoms with van der Waals surface area (Å²) in [5.41, 5.74) is -0.173. The van der Waals surface area contributed by atoms with Gasteiger partial charge in [0.15, 0.2) is 0 Å². The summed E-state index contributed by atoms with van der Waals surface area (Å²) in [6.07, 6.45) is -4.80. The fourth-order valence-electron chi connectivity index (χ4n) is 2.39. The molecule has 1 atom stereocenters. The number of anilines is 1. The Balaban J connectivity index is 2.16. The van der Waals surface area contributed by atoms with E-state index in [0.29, 0.717) is 0 Å². The van der Waals surface area contributed by atoms with Gasteiger partial charge in [-0.25, -0.2) is 0 Å². The first-order valence-corrected chi connectivity index (χ1v) is 8.39. The molecule has 2 aromatic rings. The second-order valence-electron chi connectivity index (χ2n) is 5.69. The van der Waals surface area contributed by atoms with Gasteiger partial charge in [0.25, 0.3) is 0 Å². The molecule has 26 heavy (non-hydrogen) atoms. The first-order valence-electron chi connectivity index (χ1n) is 7.59. The summed E-state index contributed by atoms with van der Waals surface area (Å²) < 4.78 is 39.1. The van der Waals surface area contributed by atoms with Crippen LogP contribution in [-0.4, -0.2) is 17.0 Å². The minimum Gasteiger partial charge on any atom is -0.481 e. The maximum absolute atomic E-state index is 12.8. The molecule has 1 amide bonds. The molecule has 2 N–H and O–H groups in total. The minimum absolute atomic E-state index is 0.0315. The topological polar surface area (TPSA) is 66.4 Å². The van der Waals surface area contributed by atoms with Crippen LogP contribution in [0.5, 0.6) is 0 Å². The lowest BCUT2D eigenvalue weighted by molar-refractivity contribution is -0.140. The molecule has 0 heterocycles. The predicted molar refractivity (Wildman–Crippen MR) is 93.7 cm³/mol. The Morgan fingerprint density at radius 1 is 1.12 bits per heavy atom. The van der Waals surface area contributed by atoms with E-state index in [0.717, 1.165) is 22.2 Å². The SMILES string of the molecule is O=C(O)C[C@@H](Cc1ccc(Br)cc1)C(=O)Nc1cccc(C(F)(F)F)c1. The third-order valence-corrected chi connectivity index (χ3v) is 4.17. The lowest BCUT2D eigenvalue weighted by atomic mass is 9.95. The lowest BCUT2D eigenvalue weighted by Crippen LogP contribution is -2.27. The molecule has 0 fully saturated rings. The van der Waals surface area contributed by atoms with E-state index in [2.05, 4.69) is 21.2 Å². The van der Waals surface area contributed by atoms with Crippen LogP contribution in [0.25, 0.3) is 0 Å². The van der Waals surface area contributed by atoms with Gasteiger partial charge in [-0.1, -0.05) is 34.1 Å². The molecule has 2 aromatic carbocycles. The van der Waals surface area contributed by atoms with Crippen molar-refractivity contribution in [3.8, 4) is 0 Å². The van der Waals surface area contributed by atoms with E-state index in [1.165, 1.54) is 12.1 Å². The molecular weight excluding hydrogens is 415 g/mol. The number of carboxylic acid groups (broad SMARTS) is 1. The van der Waals surface area contributed by atoms with Crippen LogP contribution in [0.4, 0.5) is 18.9 Å². The minimum atomic E-state index is -4.53. The van der Waals surface area contributed by atoms with E-state index in [9.17, 15) is 22.8 Å². The Kier molecular flexibility index (Phi) is 6.42. The molecule has 2 rings (SSSR count). The molecule has 0 saturated carbocycles. The third kappa shape index (κ3) is 5.87. The van der Waals surface area contributed by atoms with Gasteiger partial charge in [0.2, 0.25) is 5.91 Å². The lowest BCUT2D eigenvalue weighted by Gasteiger charge is -2.16. The Bertz CT molecular complexity index is 791. The number of aliphatic carboxylic acids is 1. The fourth-order valence-corrected chi connectivity index (χ4v) is 2.66. The zero-order valence-corrected chi connectivity index (χ0v) is 15.0. The Labute approximate surface area is 156 Å². The molecular formula is C18H15BrF3NO3. The van der Waals surface area contributed by atoms with Gasteiger partial charge < -0.3 is 10.4 Å². The summed E-state index contributed by atoms with van der Waals surface area (Å²) in [6.45, 7) is 0. The van der Waals surface area contributed by atoms with Crippen molar-refractivity contribution in [1.82, 2.24) is 0 Å². The second kappa shape index (κ2) is 8.35. The van der Waals surface area contributed by atoms with Crippen LogP contribution in [0.3, 0.4) is 0 Å². The normalized spacial score (nSPS) is 12.5. The summed E-state index contributed by atoms with van der Waals surface area (Å²) in [6, 6.07) is 11.2. The second-order valence-corrected chi connectivity index (χ2v) is 6.61. The van der Waals surface area contributed by atoms with Gasteiger partial charge in [0.05, 0.1) is 17.9 Å². The summed E-state index contributed by atoms with van der Waals surface area (Å²) >= 11 is 3.28. The van der Waals surface area contributed by atoms with E-state index in [1.54, 1.807) is 24.3 Å². The van der Waals surface area contributed by atoms with Crippen molar-refractivity contribution in [3.05, 3.63) is 64.1 Å². The standard InChI is InChI=1S/C18H15BrF3NO3/c19-14-6-4-11(5-7-14)8-12(9-16(24)25)17(26)23-15-3-1-2-13(10-15)18(20,21)22/h1-7,10,12H,8-9H2,(H,23,26)(H,24,25)/t12-/m1/s1. The average molecular weight is 430 g/mol. The maximum Gasteiger partial charge on any atom is 0.416 e. The number of carbonyl (C=O) groups is 2. The number of hydrogen-bond donors (Lipinski definition) is 2. The average Bonchev–Trinajstić information content (AvgIpc) is 2.55. The molecule has 8 heteroatoms. The number of halogens is 4. The summed E-state index contributed by atoms with van der Waals surface area (Å²) in [4.78, 5) is 23.5. The number of nitrogens with one attached hydrogen (secondary N) is 1. The summed E-state index contributed by atoms with van der Waals surface area (Å²) in [7, 11) is 0. The molecule has 0 aliphatic heterocycles. The zero-order valence-electron chi connectivity index (χ0n) is 13.4. The van der Waals surface area contributed by atoms with Crippen LogP contribution in [0.1, 0.15) is 17.5 Å². The Hall–Kier alpha value is -2.35. The number of hydrogen-bond acceptors (Lipinski definition) is 2. The van der Waals surface area contributed by atoms with Crippen LogP contribution >= 0.6 is 15.9 Å². The molecule has 0 spiro atoms. The van der Waals surface area contributed by atoms with E-state index in [4.69, 9.17) is 5.11 Å². The van der Waals surface area contributed by atoms with Crippen molar-refractivity contribution in [1.29, 1.82) is 0 Å². The zero-order chi connectivity index (χ0) is 19.3. The molecule has 0 aromatic heterocycles. The predicted octanol–water partition coefficient (Wildman–Crippen LogP) is 4.74. The van der Waals surface area contributed by atoms with Crippen LogP contribution in [-0.2, 0) is 22.2 Å². The van der Waals surface area contributed by atoms with Gasteiger partial charge in [-0.05, 0) is 42.3 Å². The highest BCUT2D eigenvalue weighted by Crippen LogP contribution is 2.31. The smallest absolute Gasteiger partial charge is 0.416 e. The first-order chi connectivity index (χ1) is 12.1. The third-order valence-electron chi connectivity index (χ3n) is 3.64. The largest absolute Gasteiger partial charge is 0.481 e. The summed E-state index contributed by atoms with van der Waals surface area (Å²) in [5.74, 6) is -2.72. The number of alkyl halides is 3. The van der Waals surface area contributed by atoms with Gasteiger partial charge in [-0.3, -0.25) is 9.59 Å². The van der Waals surface area contributed by atoms with Gasteiger partial charge in [0.1, 0.15) is 0 Å². The molecule has 0 radical (unpaired) electrons. The van der Waals surface area contributed by atoms with Crippen molar-refractivity contribution < 1.29 is 27.9 Å².